The Hall–Kier alpha value is -0.880. The Bertz CT molecular complexity index is 1530. The van der Waals surface area contributed by atoms with Crippen molar-refractivity contribution in [2.75, 3.05) is 39.6 Å². The van der Waals surface area contributed by atoms with Crippen LogP contribution in [0.2, 0.25) is 0 Å². The normalized spacial score (nSPS) is 35.4. The summed E-state index contributed by atoms with van der Waals surface area (Å²) in [5.41, 5.74) is -5.77. The Morgan fingerprint density at radius 3 is 1.19 bits per heavy atom. The third-order valence-electron chi connectivity index (χ3n) is 16.4. The van der Waals surface area contributed by atoms with Gasteiger partial charge in [-0.3, -0.25) is 0 Å². The van der Waals surface area contributed by atoms with Gasteiger partial charge in [0.2, 0.25) is 0 Å². The fourth-order valence-electron chi connectivity index (χ4n) is 10.0. The monoisotopic (exact) mass is 1090 g/mol. The molecule has 0 radical (unpaired) electrons. The van der Waals surface area contributed by atoms with Crippen LogP contribution in [0.1, 0.15) is 150 Å². The zero-order valence-corrected chi connectivity index (χ0v) is 48.5. The first kappa shape index (κ1) is 72.1. The lowest BCUT2D eigenvalue weighted by Gasteiger charge is -2.62. The molecule has 0 aromatic carbocycles. The van der Waals surface area contributed by atoms with Crippen LogP contribution < -0.4 is 0 Å². The summed E-state index contributed by atoms with van der Waals surface area (Å²) in [5, 5.41) is 140. The molecule has 5 saturated heterocycles. The maximum atomic E-state index is 11.3. The van der Waals surface area contributed by atoms with E-state index in [4.69, 9.17) is 74.0 Å². The average Bonchev–Trinajstić information content (AvgIpc) is 3.94. The molecule has 22 heteroatoms. The number of aliphatic hydroxyl groups is 15. The molecule has 450 valence electrons. The second-order valence-corrected chi connectivity index (χ2v) is 23.7. The predicted molar refractivity (Wildman–Crippen MR) is 276 cm³/mol. The molecule has 5 fully saturated rings. The molecule has 0 unspecified atom stereocenters. The van der Waals surface area contributed by atoms with E-state index in [9.17, 15) is 35.7 Å². The van der Waals surface area contributed by atoms with E-state index in [0.717, 1.165) is 25.7 Å². The Morgan fingerprint density at radius 2 is 0.880 bits per heavy atom. The van der Waals surface area contributed by atoms with Crippen LogP contribution >= 0.6 is 0 Å². The minimum Gasteiger partial charge on any atom is -0.394 e. The van der Waals surface area contributed by atoms with E-state index in [2.05, 4.69) is 27.7 Å². The molecule has 75 heavy (non-hydrogen) atoms. The standard InChI is InChI=1S/C15H26O6.C13H26O2.C10H22O2.C9H18O6.C6H14O6/c1-12(2)15(16,10-8-18-14(5,6)20-10)11(21-12)9-7-17-13(3,4)19-9;1-7-9(3)11-13(14,10(4)8-2)12(5,6)15-11;1-5-7(3)9(11)10(12)8(4)6-2;1-8(2)9(14,6(13)4-11)7(15-8)5(12)3-10;7-1-3(9)5(11)6(12)4(10)2-8/h9-11,16H,7-8H2,1-6H3;9-11,14H,7-8H2,1-6H3;7-12H,5-6H2,1-4H3;5-7,10-14H,3-4H2,1-2H3;3-12H,1-2H2/t9-,10-,11-,15+;9-,10-,11-,13+;7-,8-,9-,10-;5-,6-,7-,9+;3-,4-,5-,6-/m11111/s1. The maximum Gasteiger partial charge on any atom is 0.163 e. The van der Waals surface area contributed by atoms with E-state index in [-0.39, 0.29) is 24.0 Å². The fourth-order valence-corrected chi connectivity index (χ4v) is 10.0. The van der Waals surface area contributed by atoms with Crippen molar-refractivity contribution in [2.45, 2.75) is 275 Å². The summed E-state index contributed by atoms with van der Waals surface area (Å²) in [5.74, 6) is -0.246. The molecule has 5 heterocycles. The highest BCUT2D eigenvalue weighted by molar-refractivity contribution is 5.18. The van der Waals surface area contributed by atoms with Gasteiger partial charge in [-0.2, -0.15) is 0 Å². The minimum atomic E-state index is -1.76. The molecular formula is C53H106O22. The van der Waals surface area contributed by atoms with Crippen LogP contribution in [0, 0.1) is 23.7 Å². The van der Waals surface area contributed by atoms with Crippen LogP contribution in [-0.4, -0.2) is 241 Å². The summed E-state index contributed by atoms with van der Waals surface area (Å²) >= 11 is 0. The van der Waals surface area contributed by atoms with Crippen LogP contribution in [0.25, 0.3) is 0 Å². The Balaban J connectivity index is 0.000000478. The summed E-state index contributed by atoms with van der Waals surface area (Å²) in [7, 11) is 0. The molecule has 5 rings (SSSR count). The van der Waals surface area contributed by atoms with E-state index >= 15 is 0 Å². The van der Waals surface area contributed by atoms with Crippen molar-refractivity contribution in [3.63, 3.8) is 0 Å². The van der Waals surface area contributed by atoms with Crippen LogP contribution in [0.5, 0.6) is 0 Å². The predicted octanol–water partition coefficient (Wildman–Crippen LogP) is 0.00130. The van der Waals surface area contributed by atoms with Gasteiger partial charge in [0.25, 0.3) is 0 Å². The summed E-state index contributed by atoms with van der Waals surface area (Å²) in [6.45, 7) is 32.8. The molecule has 0 aromatic heterocycles. The van der Waals surface area contributed by atoms with Gasteiger partial charge in [0.15, 0.2) is 11.6 Å². The van der Waals surface area contributed by atoms with Gasteiger partial charge < -0.3 is 110 Å². The van der Waals surface area contributed by atoms with Crippen molar-refractivity contribution in [1.82, 2.24) is 0 Å². The Morgan fingerprint density at radius 1 is 0.453 bits per heavy atom. The average molecular weight is 1100 g/mol. The topological polar surface area (TPSA) is 368 Å². The molecule has 0 bridgehead atoms. The third kappa shape index (κ3) is 16.2. The number of aliphatic hydroxyl groups excluding tert-OH is 12. The number of ether oxygens (including phenoxy) is 7. The SMILES string of the molecule is CC1(C)OC[C@H]([C@H]2OC(C)(C)[C@]2(O)[C@H]2COC(C)(C)O2)O1.CC1(C)O[C@H]([C@H](O)CO)[C@@]1(O)[C@H](O)CO.CC[C@@H](C)[C@@H](O)[C@H](O)[C@H](C)CC.CC[C@@H](C)[C@H]1OC(C)(C)[C@]1(O)[C@H](C)CC.OC[C@@H](O)[C@@H](O)[C@H](O)[C@H](O)CO. The van der Waals surface area contributed by atoms with Crippen LogP contribution in [0.15, 0.2) is 0 Å². The lowest BCUT2D eigenvalue weighted by atomic mass is 9.63. The van der Waals surface area contributed by atoms with E-state index in [0.29, 0.717) is 25.0 Å². The lowest BCUT2D eigenvalue weighted by Crippen LogP contribution is -2.80. The second-order valence-electron chi connectivity index (χ2n) is 23.7. The van der Waals surface area contributed by atoms with E-state index in [1.54, 1.807) is 0 Å². The van der Waals surface area contributed by atoms with E-state index in [1.165, 1.54) is 13.8 Å². The van der Waals surface area contributed by atoms with Gasteiger partial charge in [-0.15, -0.1) is 0 Å². The van der Waals surface area contributed by atoms with Gasteiger partial charge >= 0.3 is 0 Å². The van der Waals surface area contributed by atoms with E-state index in [1.807, 2.05) is 83.1 Å². The first-order valence-electron chi connectivity index (χ1n) is 26.9. The number of rotatable bonds is 20. The molecule has 0 saturated carbocycles. The molecular weight excluding hydrogens is 989 g/mol. The van der Waals surface area contributed by atoms with Crippen molar-refractivity contribution in [3.8, 4) is 0 Å². The van der Waals surface area contributed by atoms with Gasteiger partial charge in [-0.1, -0.05) is 81.1 Å². The molecule has 15 N–H and O–H groups in total. The molecule has 22 nitrogen and oxygen atoms in total. The highest BCUT2D eigenvalue weighted by Crippen LogP contribution is 2.53. The lowest BCUT2D eigenvalue weighted by molar-refractivity contribution is -0.386. The summed E-state index contributed by atoms with van der Waals surface area (Å²) in [6, 6.07) is 0. The first-order valence-corrected chi connectivity index (χ1v) is 26.9. The van der Waals surface area contributed by atoms with Crippen molar-refractivity contribution in [2.24, 2.45) is 23.7 Å². The van der Waals surface area contributed by atoms with Gasteiger partial charge in [0.1, 0.15) is 77.8 Å². The summed E-state index contributed by atoms with van der Waals surface area (Å²) < 4.78 is 39.9. The molecule has 20 atom stereocenters. The highest BCUT2D eigenvalue weighted by Gasteiger charge is 2.71. The van der Waals surface area contributed by atoms with Gasteiger partial charge in [-0.25, -0.2) is 0 Å². The number of hydrogen-bond donors (Lipinski definition) is 15. The summed E-state index contributed by atoms with van der Waals surface area (Å²) in [4.78, 5) is 0. The van der Waals surface area contributed by atoms with E-state index < -0.39 is 139 Å². The smallest absolute Gasteiger partial charge is 0.163 e. The van der Waals surface area contributed by atoms with Crippen LogP contribution in [0.3, 0.4) is 0 Å². The number of hydrogen-bond acceptors (Lipinski definition) is 22. The third-order valence-corrected chi connectivity index (χ3v) is 16.4. The van der Waals surface area contributed by atoms with Crippen molar-refractivity contribution < 1.29 is 110 Å². The fraction of sp³-hybridized carbons (Fsp3) is 1.00. The van der Waals surface area contributed by atoms with Crippen molar-refractivity contribution >= 4 is 0 Å². The minimum absolute atomic E-state index is 0.00690. The Labute approximate surface area is 446 Å². The molecule has 0 aliphatic carbocycles. The van der Waals surface area contributed by atoms with Gasteiger partial charge in [0.05, 0.1) is 74.8 Å². The zero-order valence-electron chi connectivity index (χ0n) is 48.5. The molecule has 5 aliphatic rings. The quantitative estimate of drug-likeness (QED) is 0.0763. The molecule has 0 aromatic rings. The maximum absolute atomic E-state index is 11.3. The zero-order chi connectivity index (χ0) is 58.8. The molecule has 0 spiro atoms. The second kappa shape index (κ2) is 28.7. The van der Waals surface area contributed by atoms with Gasteiger partial charge in [0, 0.05) is 0 Å². The summed E-state index contributed by atoms with van der Waals surface area (Å²) in [6.07, 6.45) is -8.70. The molecule has 5 aliphatic heterocycles. The van der Waals surface area contributed by atoms with Crippen molar-refractivity contribution in [1.29, 1.82) is 0 Å². The van der Waals surface area contributed by atoms with Crippen molar-refractivity contribution in [3.05, 3.63) is 0 Å². The molecule has 0 amide bonds. The van der Waals surface area contributed by atoms with Crippen LogP contribution in [0.4, 0.5) is 0 Å². The highest BCUT2D eigenvalue weighted by atomic mass is 16.8. The first-order chi connectivity index (χ1) is 34.2. The largest absolute Gasteiger partial charge is 0.394 e. The van der Waals surface area contributed by atoms with Crippen LogP contribution in [-0.2, 0) is 33.2 Å². The van der Waals surface area contributed by atoms with Gasteiger partial charge in [-0.05, 0) is 92.9 Å². The Kier molecular flexibility index (Phi) is 27.6.